The summed E-state index contributed by atoms with van der Waals surface area (Å²) < 4.78 is 13.7. The molecule has 0 heterocycles. The normalized spacial score (nSPS) is 11.8. The summed E-state index contributed by atoms with van der Waals surface area (Å²) in [4.78, 5) is 12.2. The first-order chi connectivity index (χ1) is 11.6. The minimum atomic E-state index is -0.512. The Kier molecular flexibility index (Phi) is 4.71. The third-order valence-corrected chi connectivity index (χ3v) is 3.98. The second-order valence-corrected chi connectivity index (χ2v) is 5.66. The van der Waals surface area contributed by atoms with Gasteiger partial charge in [0.25, 0.3) is 5.91 Å². The van der Waals surface area contributed by atoms with E-state index in [9.17, 15) is 9.18 Å². The standard InChI is InChI=1S/C21H18FNO/c1-15(23-21(24)19-9-5-6-10-20(19)22)16-11-13-18(14-12-16)17-7-3-2-4-8-17/h2-15H,1H3,(H,23,24). The summed E-state index contributed by atoms with van der Waals surface area (Å²) in [5, 5.41) is 2.83. The molecule has 3 rings (SSSR count). The highest BCUT2D eigenvalue weighted by Crippen LogP contribution is 2.22. The molecule has 2 nitrogen and oxygen atoms in total. The smallest absolute Gasteiger partial charge is 0.254 e. The molecule has 120 valence electrons. The molecule has 0 spiro atoms. The van der Waals surface area contributed by atoms with Crippen molar-refractivity contribution in [3.63, 3.8) is 0 Å². The van der Waals surface area contributed by atoms with E-state index in [2.05, 4.69) is 17.4 Å². The lowest BCUT2D eigenvalue weighted by Crippen LogP contribution is -2.27. The number of halogens is 1. The van der Waals surface area contributed by atoms with Gasteiger partial charge in [0.05, 0.1) is 11.6 Å². The van der Waals surface area contributed by atoms with Crippen LogP contribution in [-0.2, 0) is 0 Å². The molecular formula is C21H18FNO. The Hall–Kier alpha value is -2.94. The van der Waals surface area contributed by atoms with E-state index in [1.54, 1.807) is 12.1 Å². The largest absolute Gasteiger partial charge is 0.345 e. The van der Waals surface area contributed by atoms with Gasteiger partial charge in [0.15, 0.2) is 0 Å². The summed E-state index contributed by atoms with van der Waals surface area (Å²) in [5.41, 5.74) is 3.30. The van der Waals surface area contributed by atoms with Crippen LogP contribution >= 0.6 is 0 Å². The van der Waals surface area contributed by atoms with Crippen LogP contribution in [0.15, 0.2) is 78.9 Å². The number of carbonyl (C=O) groups excluding carboxylic acids is 1. The molecule has 1 unspecified atom stereocenters. The fourth-order valence-electron chi connectivity index (χ4n) is 2.60. The van der Waals surface area contributed by atoms with Gasteiger partial charge in [0.2, 0.25) is 0 Å². The molecule has 3 aromatic carbocycles. The number of hydrogen-bond acceptors (Lipinski definition) is 1. The second kappa shape index (κ2) is 7.09. The van der Waals surface area contributed by atoms with E-state index >= 15 is 0 Å². The maximum Gasteiger partial charge on any atom is 0.254 e. The number of carbonyl (C=O) groups is 1. The van der Waals surface area contributed by atoms with Crippen LogP contribution in [-0.4, -0.2) is 5.91 Å². The highest BCUT2D eigenvalue weighted by atomic mass is 19.1. The van der Waals surface area contributed by atoms with Crippen molar-refractivity contribution in [1.82, 2.24) is 5.32 Å². The second-order valence-electron chi connectivity index (χ2n) is 5.66. The molecule has 0 fully saturated rings. The summed E-state index contributed by atoms with van der Waals surface area (Å²) in [6.07, 6.45) is 0. The minimum absolute atomic E-state index is 0.0604. The van der Waals surface area contributed by atoms with Crippen LogP contribution < -0.4 is 5.32 Å². The third kappa shape index (κ3) is 3.51. The van der Waals surface area contributed by atoms with Gasteiger partial charge in [-0.05, 0) is 35.7 Å². The zero-order valence-corrected chi connectivity index (χ0v) is 13.4. The average Bonchev–Trinajstić information content (AvgIpc) is 2.63. The zero-order chi connectivity index (χ0) is 16.9. The molecule has 0 saturated heterocycles. The first-order valence-corrected chi connectivity index (χ1v) is 7.86. The number of hydrogen-bond donors (Lipinski definition) is 1. The van der Waals surface area contributed by atoms with Gasteiger partial charge in [-0.3, -0.25) is 4.79 Å². The van der Waals surface area contributed by atoms with E-state index in [1.807, 2.05) is 49.4 Å². The molecule has 0 aromatic heterocycles. The molecular weight excluding hydrogens is 301 g/mol. The van der Waals surface area contributed by atoms with Gasteiger partial charge in [-0.1, -0.05) is 66.7 Å². The summed E-state index contributed by atoms with van der Waals surface area (Å²) >= 11 is 0. The highest BCUT2D eigenvalue weighted by molar-refractivity contribution is 5.94. The quantitative estimate of drug-likeness (QED) is 0.721. The monoisotopic (exact) mass is 319 g/mol. The van der Waals surface area contributed by atoms with Crippen LogP contribution in [0.1, 0.15) is 28.9 Å². The highest BCUT2D eigenvalue weighted by Gasteiger charge is 2.14. The molecule has 1 amide bonds. The Morgan fingerprint density at radius 2 is 1.42 bits per heavy atom. The number of benzene rings is 3. The fraction of sp³-hybridized carbons (Fsp3) is 0.0952. The van der Waals surface area contributed by atoms with Crippen molar-refractivity contribution in [2.45, 2.75) is 13.0 Å². The average molecular weight is 319 g/mol. The van der Waals surface area contributed by atoms with Gasteiger partial charge in [0, 0.05) is 0 Å². The molecule has 0 radical (unpaired) electrons. The van der Waals surface area contributed by atoms with Crippen molar-refractivity contribution in [2.24, 2.45) is 0 Å². The van der Waals surface area contributed by atoms with Crippen LogP contribution in [0.4, 0.5) is 4.39 Å². The van der Waals surface area contributed by atoms with Gasteiger partial charge >= 0.3 is 0 Å². The van der Waals surface area contributed by atoms with Crippen molar-refractivity contribution in [1.29, 1.82) is 0 Å². The van der Waals surface area contributed by atoms with Crippen LogP contribution in [0.3, 0.4) is 0 Å². The van der Waals surface area contributed by atoms with E-state index < -0.39 is 11.7 Å². The van der Waals surface area contributed by atoms with Crippen LogP contribution in [0, 0.1) is 5.82 Å². The zero-order valence-electron chi connectivity index (χ0n) is 13.4. The van der Waals surface area contributed by atoms with Crippen molar-refractivity contribution in [3.05, 3.63) is 95.8 Å². The van der Waals surface area contributed by atoms with E-state index in [1.165, 1.54) is 12.1 Å². The molecule has 1 N–H and O–H groups in total. The van der Waals surface area contributed by atoms with Crippen LogP contribution in [0.2, 0.25) is 0 Å². The van der Waals surface area contributed by atoms with E-state index in [0.717, 1.165) is 16.7 Å². The lowest BCUT2D eigenvalue weighted by atomic mass is 10.0. The number of rotatable bonds is 4. The van der Waals surface area contributed by atoms with E-state index in [-0.39, 0.29) is 11.6 Å². The van der Waals surface area contributed by atoms with Gasteiger partial charge in [-0.15, -0.1) is 0 Å². The Morgan fingerprint density at radius 1 is 0.833 bits per heavy atom. The Balaban J connectivity index is 1.73. The summed E-state index contributed by atoms with van der Waals surface area (Å²) in [7, 11) is 0. The van der Waals surface area contributed by atoms with Crippen molar-refractivity contribution < 1.29 is 9.18 Å². The maximum absolute atomic E-state index is 13.7. The molecule has 3 aromatic rings. The summed E-state index contributed by atoms with van der Waals surface area (Å²) in [6.45, 7) is 1.89. The molecule has 0 aliphatic rings. The molecule has 24 heavy (non-hydrogen) atoms. The van der Waals surface area contributed by atoms with Gasteiger partial charge in [0.1, 0.15) is 5.82 Å². The fourth-order valence-corrected chi connectivity index (χ4v) is 2.60. The van der Waals surface area contributed by atoms with E-state index in [0.29, 0.717) is 0 Å². The molecule has 1 atom stereocenters. The number of amides is 1. The molecule has 0 aliphatic carbocycles. The van der Waals surface area contributed by atoms with Gasteiger partial charge in [-0.2, -0.15) is 0 Å². The predicted octanol–water partition coefficient (Wildman–Crippen LogP) is 4.98. The van der Waals surface area contributed by atoms with Crippen molar-refractivity contribution in [3.8, 4) is 11.1 Å². The Bertz CT molecular complexity index is 828. The van der Waals surface area contributed by atoms with Gasteiger partial charge < -0.3 is 5.32 Å². The number of nitrogens with one attached hydrogen (secondary N) is 1. The summed E-state index contributed by atoms with van der Waals surface area (Å²) in [6, 6.07) is 23.9. The van der Waals surface area contributed by atoms with Crippen LogP contribution in [0.25, 0.3) is 11.1 Å². The SMILES string of the molecule is CC(NC(=O)c1ccccc1F)c1ccc(-c2ccccc2)cc1. The summed E-state index contributed by atoms with van der Waals surface area (Å²) in [5.74, 6) is -0.922. The third-order valence-electron chi connectivity index (χ3n) is 3.98. The first-order valence-electron chi connectivity index (χ1n) is 7.86. The molecule has 0 saturated carbocycles. The lowest BCUT2D eigenvalue weighted by Gasteiger charge is -2.15. The molecule has 0 bridgehead atoms. The van der Waals surface area contributed by atoms with Crippen molar-refractivity contribution >= 4 is 5.91 Å². The van der Waals surface area contributed by atoms with Crippen LogP contribution in [0.5, 0.6) is 0 Å². The van der Waals surface area contributed by atoms with E-state index in [4.69, 9.17) is 0 Å². The lowest BCUT2D eigenvalue weighted by molar-refractivity contribution is 0.0936. The Labute approximate surface area is 141 Å². The van der Waals surface area contributed by atoms with Crippen molar-refractivity contribution in [2.75, 3.05) is 0 Å². The minimum Gasteiger partial charge on any atom is -0.345 e. The Morgan fingerprint density at radius 3 is 2.08 bits per heavy atom. The molecule has 3 heteroatoms. The first kappa shape index (κ1) is 15.9. The molecule has 0 aliphatic heterocycles. The topological polar surface area (TPSA) is 29.1 Å². The maximum atomic E-state index is 13.7. The predicted molar refractivity (Wildman–Crippen MR) is 94.2 cm³/mol. The van der Waals surface area contributed by atoms with Gasteiger partial charge in [-0.25, -0.2) is 4.39 Å².